The first-order chi connectivity index (χ1) is 12.0. The van der Waals surface area contributed by atoms with E-state index in [1.54, 1.807) is 6.07 Å². The van der Waals surface area contributed by atoms with Crippen LogP contribution in [0.1, 0.15) is 17.4 Å². The lowest BCUT2D eigenvalue weighted by atomic mass is 10.2. The largest absolute Gasteiger partial charge is 0.481 e. The van der Waals surface area contributed by atoms with Crippen LogP contribution in [0, 0.1) is 0 Å². The minimum absolute atomic E-state index is 0.233. The van der Waals surface area contributed by atoms with Crippen molar-refractivity contribution < 1.29 is 19.8 Å². The predicted molar refractivity (Wildman–Crippen MR) is 96.9 cm³/mol. The molecule has 128 valence electrons. The normalized spacial score (nSPS) is 9.64. The first kappa shape index (κ1) is 17.8. The zero-order chi connectivity index (χ0) is 18.2. The van der Waals surface area contributed by atoms with Crippen molar-refractivity contribution in [1.82, 2.24) is 9.97 Å². The van der Waals surface area contributed by atoms with Gasteiger partial charge in [-0.15, -0.1) is 0 Å². The highest BCUT2D eigenvalue weighted by atomic mass is 16.4. The van der Waals surface area contributed by atoms with Gasteiger partial charge in [-0.2, -0.15) is 0 Å². The second-order valence-corrected chi connectivity index (χ2v) is 5.16. The Kier molecular flexibility index (Phi) is 5.95. The number of para-hydroxylation sites is 2. The van der Waals surface area contributed by atoms with Gasteiger partial charge in [0.2, 0.25) is 0 Å². The molecule has 2 aromatic carbocycles. The lowest BCUT2D eigenvalue weighted by Crippen LogP contribution is -1.94. The Morgan fingerprint density at radius 2 is 1.40 bits per heavy atom. The molecule has 0 bridgehead atoms. The number of nitrogens with one attached hydrogen (secondary N) is 2. The number of aromatic amines is 2. The summed E-state index contributed by atoms with van der Waals surface area (Å²) in [6.07, 6.45) is 1.95. The molecule has 0 saturated carbocycles. The van der Waals surface area contributed by atoms with E-state index in [0.29, 0.717) is 0 Å². The van der Waals surface area contributed by atoms with Gasteiger partial charge < -0.3 is 20.2 Å². The molecule has 6 nitrogen and oxygen atoms in total. The minimum Gasteiger partial charge on any atom is -0.481 e. The van der Waals surface area contributed by atoms with E-state index in [1.807, 2.05) is 42.6 Å². The van der Waals surface area contributed by atoms with Crippen LogP contribution in [0.3, 0.4) is 0 Å². The maximum atomic E-state index is 10.5. The molecule has 0 unspecified atom stereocenters. The summed E-state index contributed by atoms with van der Waals surface area (Å²) in [5.74, 6) is -1.76. The van der Waals surface area contributed by atoms with Gasteiger partial charge in [-0.3, -0.25) is 4.79 Å². The minimum atomic E-state index is -0.925. The van der Waals surface area contributed by atoms with Crippen LogP contribution in [0.5, 0.6) is 0 Å². The molecule has 0 amide bonds. The molecule has 0 fully saturated rings. The molecule has 4 rings (SSSR count). The Morgan fingerprint density at radius 1 is 0.840 bits per heavy atom. The van der Waals surface area contributed by atoms with Crippen molar-refractivity contribution in [1.29, 1.82) is 0 Å². The summed E-state index contributed by atoms with van der Waals surface area (Å²) in [4.78, 5) is 25.5. The van der Waals surface area contributed by atoms with Crippen LogP contribution in [0.2, 0.25) is 0 Å². The number of benzene rings is 2. The van der Waals surface area contributed by atoms with Crippen molar-refractivity contribution in [3.05, 3.63) is 72.6 Å². The molecule has 0 aliphatic rings. The van der Waals surface area contributed by atoms with Gasteiger partial charge in [0.25, 0.3) is 5.97 Å². The van der Waals surface area contributed by atoms with Crippen molar-refractivity contribution >= 4 is 33.7 Å². The monoisotopic (exact) mass is 338 g/mol. The van der Waals surface area contributed by atoms with Gasteiger partial charge in [-0.1, -0.05) is 36.4 Å². The average molecular weight is 338 g/mol. The summed E-state index contributed by atoms with van der Waals surface area (Å²) < 4.78 is 0. The van der Waals surface area contributed by atoms with E-state index in [0.717, 1.165) is 17.8 Å². The van der Waals surface area contributed by atoms with Crippen LogP contribution in [-0.2, 0) is 4.79 Å². The number of aromatic carboxylic acids is 1. The number of fused-ring (bicyclic) bond motifs is 2. The predicted octanol–water partition coefficient (Wildman–Crippen LogP) is 4.12. The van der Waals surface area contributed by atoms with Crippen LogP contribution >= 0.6 is 0 Å². The molecule has 0 atom stereocenters. The van der Waals surface area contributed by atoms with Gasteiger partial charge >= 0.3 is 5.97 Å². The first-order valence-corrected chi connectivity index (χ1v) is 7.50. The third-order valence-electron chi connectivity index (χ3n) is 3.22. The standard InChI is InChI=1S/C9H7NO2.C8H7N.C2H4O2/c11-9(12)8-5-6-3-1-2-4-7(6)10-8;1-2-4-8-7(3-1)5-6-9-8;1-2(3)4/h1-5,10H,(H,11,12);1-6,9H;1H3,(H,3,4). The number of hydrogen-bond donors (Lipinski definition) is 4. The second-order valence-electron chi connectivity index (χ2n) is 5.16. The zero-order valence-electron chi connectivity index (χ0n) is 13.6. The van der Waals surface area contributed by atoms with Crippen LogP contribution in [0.15, 0.2) is 66.9 Å². The fourth-order valence-corrected chi connectivity index (χ4v) is 2.18. The van der Waals surface area contributed by atoms with Crippen LogP contribution in [0.25, 0.3) is 21.8 Å². The molecular formula is C19H18N2O4. The summed E-state index contributed by atoms with van der Waals surface area (Å²) in [5.41, 5.74) is 2.30. The van der Waals surface area contributed by atoms with Crippen LogP contribution in [-0.4, -0.2) is 32.1 Å². The number of carboxylic acid groups (broad SMARTS) is 2. The van der Waals surface area contributed by atoms with Crippen molar-refractivity contribution in [3.8, 4) is 0 Å². The number of carbonyl (C=O) groups is 2. The highest BCUT2D eigenvalue weighted by Crippen LogP contribution is 2.14. The number of hydrogen-bond acceptors (Lipinski definition) is 2. The van der Waals surface area contributed by atoms with E-state index >= 15 is 0 Å². The number of rotatable bonds is 1. The lowest BCUT2D eigenvalue weighted by molar-refractivity contribution is -0.134. The van der Waals surface area contributed by atoms with Gasteiger partial charge in [0.05, 0.1) is 0 Å². The number of carboxylic acids is 2. The highest BCUT2D eigenvalue weighted by Gasteiger charge is 2.05. The fourth-order valence-electron chi connectivity index (χ4n) is 2.18. The van der Waals surface area contributed by atoms with Gasteiger partial charge in [-0.25, -0.2) is 4.79 Å². The summed E-state index contributed by atoms with van der Waals surface area (Å²) >= 11 is 0. The van der Waals surface area contributed by atoms with Crippen molar-refractivity contribution in [2.24, 2.45) is 0 Å². The van der Waals surface area contributed by atoms with Crippen molar-refractivity contribution in [2.45, 2.75) is 6.92 Å². The maximum Gasteiger partial charge on any atom is 0.352 e. The SMILES string of the molecule is CC(=O)O.O=C(O)c1cc2ccccc2[nH]1.c1ccc2[nH]ccc2c1. The molecule has 2 heterocycles. The van der Waals surface area contributed by atoms with E-state index in [2.05, 4.69) is 28.2 Å². The molecule has 2 aromatic heterocycles. The number of H-pyrrole nitrogens is 2. The fraction of sp³-hybridized carbons (Fsp3) is 0.0526. The van der Waals surface area contributed by atoms with E-state index < -0.39 is 11.9 Å². The maximum absolute atomic E-state index is 10.5. The Morgan fingerprint density at radius 3 is 1.96 bits per heavy atom. The molecule has 4 aromatic rings. The zero-order valence-corrected chi connectivity index (χ0v) is 13.6. The molecule has 0 aliphatic carbocycles. The second kappa shape index (κ2) is 8.35. The smallest absolute Gasteiger partial charge is 0.352 e. The van der Waals surface area contributed by atoms with Crippen LogP contribution < -0.4 is 0 Å². The molecule has 6 heteroatoms. The molecule has 0 spiro atoms. The number of aromatic nitrogens is 2. The lowest BCUT2D eigenvalue weighted by Gasteiger charge is -1.84. The summed E-state index contributed by atoms with van der Waals surface area (Å²) in [5, 5.41) is 18.3. The van der Waals surface area contributed by atoms with E-state index in [4.69, 9.17) is 15.0 Å². The molecular weight excluding hydrogens is 320 g/mol. The Labute approximate surface area is 143 Å². The highest BCUT2D eigenvalue weighted by molar-refractivity contribution is 5.93. The summed E-state index contributed by atoms with van der Waals surface area (Å²) in [6, 6.07) is 19.4. The van der Waals surface area contributed by atoms with Gasteiger partial charge in [0, 0.05) is 29.5 Å². The quantitative estimate of drug-likeness (QED) is 0.419. The van der Waals surface area contributed by atoms with Gasteiger partial charge in [-0.05, 0) is 29.7 Å². The average Bonchev–Trinajstić information content (AvgIpc) is 3.21. The third kappa shape index (κ3) is 5.24. The van der Waals surface area contributed by atoms with E-state index in [9.17, 15) is 4.79 Å². The molecule has 0 aliphatic heterocycles. The van der Waals surface area contributed by atoms with Crippen molar-refractivity contribution in [2.75, 3.05) is 0 Å². The molecule has 25 heavy (non-hydrogen) atoms. The first-order valence-electron chi connectivity index (χ1n) is 7.50. The van der Waals surface area contributed by atoms with Gasteiger partial charge in [0.15, 0.2) is 0 Å². The number of aliphatic carboxylic acids is 1. The van der Waals surface area contributed by atoms with Crippen LogP contribution in [0.4, 0.5) is 0 Å². The topological polar surface area (TPSA) is 106 Å². The molecule has 4 N–H and O–H groups in total. The van der Waals surface area contributed by atoms with E-state index in [-0.39, 0.29) is 5.69 Å². The molecule has 0 radical (unpaired) electrons. The Balaban J connectivity index is 0.000000153. The summed E-state index contributed by atoms with van der Waals surface area (Å²) in [6.45, 7) is 1.08. The van der Waals surface area contributed by atoms with Crippen molar-refractivity contribution in [3.63, 3.8) is 0 Å². The Bertz CT molecular complexity index is 918. The Hall–Kier alpha value is -3.54. The summed E-state index contributed by atoms with van der Waals surface area (Å²) in [7, 11) is 0. The van der Waals surface area contributed by atoms with Gasteiger partial charge in [0.1, 0.15) is 5.69 Å². The third-order valence-corrected chi connectivity index (χ3v) is 3.22. The van der Waals surface area contributed by atoms with E-state index in [1.165, 1.54) is 10.9 Å². The molecule has 0 saturated heterocycles.